The van der Waals surface area contributed by atoms with Crippen LogP contribution in [0.15, 0.2) is 29.2 Å². The smallest absolute Gasteiger partial charge is 0.168 e. The fourth-order valence-electron chi connectivity index (χ4n) is 1.64. The van der Waals surface area contributed by atoms with Crippen molar-refractivity contribution in [2.75, 3.05) is 0 Å². The molecule has 0 saturated carbocycles. The molecule has 1 aromatic rings. The zero-order valence-electron chi connectivity index (χ0n) is 9.11. The second-order valence-corrected chi connectivity index (χ2v) is 4.69. The molecular weight excluding hydrogens is 208 g/mol. The van der Waals surface area contributed by atoms with Gasteiger partial charge in [0.2, 0.25) is 0 Å². The van der Waals surface area contributed by atoms with E-state index in [0.717, 1.165) is 18.4 Å². The van der Waals surface area contributed by atoms with Crippen molar-refractivity contribution in [1.82, 2.24) is 0 Å². The van der Waals surface area contributed by atoms with E-state index in [-0.39, 0.29) is 0 Å². The van der Waals surface area contributed by atoms with E-state index < -0.39 is 10.7 Å². The van der Waals surface area contributed by atoms with E-state index in [1.165, 1.54) is 19.3 Å². The lowest BCUT2D eigenvalue weighted by Crippen LogP contribution is -1.92. The number of aryl methyl sites for hydroxylation is 1. The summed E-state index contributed by atoms with van der Waals surface area (Å²) in [7, 11) is -2.44. The van der Waals surface area contributed by atoms with Crippen molar-refractivity contribution in [2.24, 2.45) is 0 Å². The Balaban J connectivity index is 2.60. The molecule has 0 aliphatic carbocycles. The molecule has 15 heavy (non-hydrogen) atoms. The zero-order valence-corrected chi connectivity index (χ0v) is 10.0. The zero-order chi connectivity index (χ0) is 11.1. The lowest BCUT2D eigenvalue weighted by atomic mass is 10.1. The highest BCUT2D eigenvalue weighted by atomic mass is 32.2. The lowest BCUT2D eigenvalue weighted by Gasteiger charge is -2.03. The van der Waals surface area contributed by atoms with Crippen molar-refractivity contribution >= 4 is 10.7 Å². The first-order valence-electron chi connectivity index (χ1n) is 5.48. The van der Waals surface area contributed by atoms with Crippen molar-refractivity contribution in [1.29, 1.82) is 0 Å². The molecule has 1 rings (SSSR count). The van der Waals surface area contributed by atoms with Crippen LogP contribution in [0, 0.1) is 0 Å². The van der Waals surface area contributed by atoms with Crippen molar-refractivity contribution < 1.29 is 8.42 Å². The molecule has 0 heterocycles. The Kier molecular flexibility index (Phi) is 5.40. The molecule has 0 amide bonds. The summed E-state index contributed by atoms with van der Waals surface area (Å²) in [5.41, 5.74) is 0.963. The number of hydrogen-bond donors (Lipinski definition) is 1. The molecule has 0 atom stereocenters. The standard InChI is InChI=1S/C12H18O2S/c1-2-3-4-5-8-11-9-6-7-10-12(11)15(13)14/h6-7,9-10,15H,2-5,8H2,1H3. The molecule has 0 aromatic heterocycles. The minimum atomic E-state index is -2.44. The molecule has 0 N–H and O–H groups in total. The van der Waals surface area contributed by atoms with Crippen LogP contribution in [0.25, 0.3) is 0 Å². The Morgan fingerprint density at radius 2 is 1.80 bits per heavy atom. The normalized spacial score (nSPS) is 10.8. The summed E-state index contributed by atoms with van der Waals surface area (Å²) in [5, 5.41) is 0. The summed E-state index contributed by atoms with van der Waals surface area (Å²) in [4.78, 5) is 0.490. The molecular formula is C12H18O2S. The second kappa shape index (κ2) is 6.62. The predicted octanol–water partition coefficient (Wildman–Crippen LogP) is 2.78. The molecule has 1 aromatic carbocycles. The molecule has 0 spiro atoms. The molecule has 0 aliphatic rings. The van der Waals surface area contributed by atoms with Crippen LogP contribution >= 0.6 is 0 Å². The Morgan fingerprint density at radius 1 is 1.07 bits per heavy atom. The van der Waals surface area contributed by atoms with Crippen LogP contribution in [0.2, 0.25) is 0 Å². The molecule has 3 heteroatoms. The summed E-state index contributed by atoms with van der Waals surface area (Å²) in [6.45, 7) is 2.17. The molecule has 0 radical (unpaired) electrons. The first kappa shape index (κ1) is 12.2. The fourth-order valence-corrected chi connectivity index (χ4v) is 2.27. The highest BCUT2D eigenvalue weighted by Gasteiger charge is 2.02. The van der Waals surface area contributed by atoms with Gasteiger partial charge in [-0.1, -0.05) is 44.4 Å². The van der Waals surface area contributed by atoms with E-state index in [4.69, 9.17) is 0 Å². The number of hydrogen-bond acceptors (Lipinski definition) is 2. The van der Waals surface area contributed by atoms with Gasteiger partial charge in [0.05, 0.1) is 4.90 Å². The van der Waals surface area contributed by atoms with E-state index >= 15 is 0 Å². The predicted molar refractivity (Wildman–Crippen MR) is 62.9 cm³/mol. The third kappa shape index (κ3) is 4.04. The van der Waals surface area contributed by atoms with Gasteiger partial charge in [0.1, 0.15) is 0 Å². The SMILES string of the molecule is CCCCCCc1ccccc1[SH](=O)=O. The van der Waals surface area contributed by atoms with E-state index in [1.807, 2.05) is 12.1 Å². The van der Waals surface area contributed by atoms with Gasteiger partial charge < -0.3 is 0 Å². The molecule has 2 nitrogen and oxygen atoms in total. The summed E-state index contributed by atoms with van der Waals surface area (Å²) in [6.07, 6.45) is 5.57. The van der Waals surface area contributed by atoms with Crippen LogP contribution in [-0.2, 0) is 17.1 Å². The van der Waals surface area contributed by atoms with Gasteiger partial charge in [-0.3, -0.25) is 0 Å². The van der Waals surface area contributed by atoms with Crippen LogP contribution in [0.1, 0.15) is 38.2 Å². The van der Waals surface area contributed by atoms with Crippen molar-refractivity contribution in [3.05, 3.63) is 29.8 Å². The van der Waals surface area contributed by atoms with Gasteiger partial charge in [-0.05, 0) is 24.5 Å². The van der Waals surface area contributed by atoms with Crippen molar-refractivity contribution in [2.45, 2.75) is 43.9 Å². The van der Waals surface area contributed by atoms with Crippen LogP contribution in [-0.4, -0.2) is 8.42 Å². The average Bonchev–Trinajstić information content (AvgIpc) is 2.25. The Hall–Kier alpha value is -0.830. The average molecular weight is 226 g/mol. The monoisotopic (exact) mass is 226 g/mol. The summed E-state index contributed by atoms with van der Waals surface area (Å²) < 4.78 is 21.9. The van der Waals surface area contributed by atoms with E-state index in [9.17, 15) is 8.42 Å². The summed E-state index contributed by atoms with van der Waals surface area (Å²) in [5.74, 6) is 0. The van der Waals surface area contributed by atoms with Gasteiger partial charge in [-0.25, -0.2) is 8.42 Å². The second-order valence-electron chi connectivity index (χ2n) is 3.70. The molecule has 0 aliphatic heterocycles. The minimum absolute atomic E-state index is 0.490. The molecule has 84 valence electrons. The Morgan fingerprint density at radius 3 is 2.47 bits per heavy atom. The third-order valence-electron chi connectivity index (χ3n) is 2.49. The molecule has 0 fully saturated rings. The minimum Gasteiger partial charge on any atom is -0.227 e. The highest BCUT2D eigenvalue weighted by Crippen LogP contribution is 2.14. The van der Waals surface area contributed by atoms with Crippen LogP contribution in [0.3, 0.4) is 0 Å². The van der Waals surface area contributed by atoms with E-state index in [2.05, 4.69) is 6.92 Å². The summed E-state index contributed by atoms with van der Waals surface area (Å²) in [6, 6.07) is 7.26. The van der Waals surface area contributed by atoms with Crippen molar-refractivity contribution in [3.8, 4) is 0 Å². The fraction of sp³-hybridized carbons (Fsp3) is 0.500. The first-order valence-corrected chi connectivity index (χ1v) is 6.65. The molecule has 0 unspecified atom stereocenters. The first-order chi connectivity index (χ1) is 7.25. The Labute approximate surface area is 93.3 Å². The topological polar surface area (TPSA) is 34.1 Å². The number of rotatable bonds is 6. The summed E-state index contributed by atoms with van der Waals surface area (Å²) >= 11 is 0. The number of unbranched alkanes of at least 4 members (excludes halogenated alkanes) is 3. The maximum absolute atomic E-state index is 10.9. The molecule has 0 saturated heterocycles. The maximum atomic E-state index is 10.9. The lowest BCUT2D eigenvalue weighted by molar-refractivity contribution is 0.611. The van der Waals surface area contributed by atoms with E-state index in [1.54, 1.807) is 12.1 Å². The van der Waals surface area contributed by atoms with Crippen LogP contribution < -0.4 is 0 Å². The maximum Gasteiger partial charge on any atom is 0.168 e. The number of thiol groups is 1. The highest BCUT2D eigenvalue weighted by molar-refractivity contribution is 7.72. The van der Waals surface area contributed by atoms with Gasteiger partial charge in [0, 0.05) is 0 Å². The third-order valence-corrected chi connectivity index (χ3v) is 3.32. The number of benzene rings is 1. The van der Waals surface area contributed by atoms with Gasteiger partial charge in [-0.15, -0.1) is 0 Å². The van der Waals surface area contributed by atoms with Gasteiger partial charge >= 0.3 is 0 Å². The van der Waals surface area contributed by atoms with Gasteiger partial charge in [0.25, 0.3) is 0 Å². The molecule has 0 bridgehead atoms. The largest absolute Gasteiger partial charge is 0.227 e. The van der Waals surface area contributed by atoms with Crippen LogP contribution in [0.4, 0.5) is 0 Å². The van der Waals surface area contributed by atoms with Crippen molar-refractivity contribution in [3.63, 3.8) is 0 Å². The van der Waals surface area contributed by atoms with Crippen LogP contribution in [0.5, 0.6) is 0 Å². The van der Waals surface area contributed by atoms with E-state index in [0.29, 0.717) is 4.90 Å². The Bertz CT molecular complexity index is 362. The van der Waals surface area contributed by atoms with Gasteiger partial charge in [-0.2, -0.15) is 0 Å². The van der Waals surface area contributed by atoms with Gasteiger partial charge in [0.15, 0.2) is 10.7 Å². The quantitative estimate of drug-likeness (QED) is 0.598.